The summed E-state index contributed by atoms with van der Waals surface area (Å²) in [5, 5.41) is 2.45. The SMILES string of the molecule is CCCCOC(=O)NC(CC(=O)OC)c1ccc(OS(=O)(=O)C(F)(F)F)cc1. The van der Waals surface area contributed by atoms with Crippen LogP contribution < -0.4 is 9.50 Å². The number of carbonyl (C=O) groups is 2. The molecule has 1 amide bonds. The normalized spacial score (nSPS) is 12.8. The summed E-state index contributed by atoms with van der Waals surface area (Å²) in [6, 6.07) is 3.44. The van der Waals surface area contributed by atoms with Gasteiger partial charge in [0.25, 0.3) is 0 Å². The average Bonchev–Trinajstić information content (AvgIpc) is 2.60. The van der Waals surface area contributed by atoms with Gasteiger partial charge in [0.05, 0.1) is 26.2 Å². The van der Waals surface area contributed by atoms with Crippen LogP contribution in [0.5, 0.6) is 5.75 Å². The first-order chi connectivity index (χ1) is 13.0. The molecule has 0 spiro atoms. The summed E-state index contributed by atoms with van der Waals surface area (Å²) >= 11 is 0. The second-order valence-electron chi connectivity index (χ2n) is 5.52. The number of carbonyl (C=O) groups excluding carboxylic acids is 2. The Labute approximate surface area is 160 Å². The van der Waals surface area contributed by atoms with Gasteiger partial charge >= 0.3 is 27.7 Å². The molecule has 1 aromatic rings. The molecule has 1 N–H and O–H groups in total. The molecule has 1 atom stereocenters. The lowest BCUT2D eigenvalue weighted by Crippen LogP contribution is -2.31. The number of ether oxygens (including phenoxy) is 2. The van der Waals surface area contributed by atoms with Crippen molar-refractivity contribution < 1.29 is 44.8 Å². The van der Waals surface area contributed by atoms with Gasteiger partial charge in [-0.1, -0.05) is 25.5 Å². The number of esters is 1. The van der Waals surface area contributed by atoms with Gasteiger partial charge in [0.1, 0.15) is 5.75 Å². The van der Waals surface area contributed by atoms with Gasteiger partial charge < -0.3 is 19.0 Å². The van der Waals surface area contributed by atoms with Gasteiger partial charge in [-0.3, -0.25) is 4.79 Å². The zero-order valence-electron chi connectivity index (χ0n) is 15.1. The van der Waals surface area contributed by atoms with Crippen molar-refractivity contribution in [2.45, 2.75) is 37.7 Å². The van der Waals surface area contributed by atoms with Crippen LogP contribution in [-0.2, 0) is 24.4 Å². The predicted molar refractivity (Wildman–Crippen MR) is 90.8 cm³/mol. The van der Waals surface area contributed by atoms with Crippen molar-refractivity contribution in [2.24, 2.45) is 0 Å². The number of hydrogen-bond donors (Lipinski definition) is 1. The van der Waals surface area contributed by atoms with Crippen molar-refractivity contribution in [1.29, 1.82) is 0 Å². The van der Waals surface area contributed by atoms with E-state index in [1.165, 1.54) is 12.1 Å². The minimum atomic E-state index is -5.80. The van der Waals surface area contributed by atoms with Gasteiger partial charge in [0, 0.05) is 0 Å². The summed E-state index contributed by atoms with van der Waals surface area (Å²) in [5.41, 5.74) is -5.27. The molecule has 0 saturated carbocycles. The summed E-state index contributed by atoms with van der Waals surface area (Å²) in [6.45, 7) is 2.08. The Morgan fingerprint density at radius 3 is 2.29 bits per heavy atom. The number of hydrogen-bond acceptors (Lipinski definition) is 7. The van der Waals surface area contributed by atoms with Crippen LogP contribution in [0.3, 0.4) is 0 Å². The lowest BCUT2D eigenvalue weighted by atomic mass is 10.0. The lowest BCUT2D eigenvalue weighted by Gasteiger charge is -2.18. The number of amides is 1. The van der Waals surface area contributed by atoms with Crippen LogP contribution in [0.4, 0.5) is 18.0 Å². The molecular weight excluding hydrogens is 407 g/mol. The molecule has 0 heterocycles. The van der Waals surface area contributed by atoms with Crippen LogP contribution in [0, 0.1) is 0 Å². The number of benzene rings is 1. The fraction of sp³-hybridized carbons (Fsp3) is 0.500. The molecule has 1 aromatic carbocycles. The van der Waals surface area contributed by atoms with Crippen LogP contribution in [0.25, 0.3) is 0 Å². The standard InChI is InChI=1S/C16H20F3NO7S/c1-3-4-9-26-15(22)20-13(10-14(21)25-2)11-5-7-12(8-6-11)27-28(23,24)16(17,18)19/h5-8,13H,3-4,9-10H2,1-2H3,(H,20,22). The maximum atomic E-state index is 12.4. The van der Waals surface area contributed by atoms with Gasteiger partial charge in [-0.15, -0.1) is 0 Å². The van der Waals surface area contributed by atoms with E-state index in [0.29, 0.717) is 12.0 Å². The monoisotopic (exact) mass is 427 g/mol. The highest BCUT2D eigenvalue weighted by Gasteiger charge is 2.48. The molecule has 158 valence electrons. The molecule has 8 nitrogen and oxygen atoms in total. The van der Waals surface area contributed by atoms with Crippen molar-refractivity contribution in [3.63, 3.8) is 0 Å². The zero-order chi connectivity index (χ0) is 21.4. The van der Waals surface area contributed by atoms with Gasteiger partial charge in [-0.25, -0.2) is 4.79 Å². The smallest absolute Gasteiger partial charge is 0.469 e. The molecule has 0 fully saturated rings. The first-order valence-corrected chi connectivity index (χ1v) is 9.51. The van der Waals surface area contributed by atoms with Gasteiger partial charge in [0.15, 0.2) is 0 Å². The van der Waals surface area contributed by atoms with E-state index in [4.69, 9.17) is 4.74 Å². The van der Waals surface area contributed by atoms with Gasteiger partial charge in [0.2, 0.25) is 0 Å². The predicted octanol–water partition coefficient (Wildman–Crippen LogP) is 3.05. The van der Waals surface area contributed by atoms with E-state index in [2.05, 4.69) is 14.2 Å². The van der Waals surface area contributed by atoms with Crippen LogP contribution in [0.2, 0.25) is 0 Å². The molecule has 0 saturated heterocycles. The highest BCUT2D eigenvalue weighted by atomic mass is 32.2. The molecule has 12 heteroatoms. The summed E-state index contributed by atoms with van der Waals surface area (Å²) < 4.78 is 72.6. The number of rotatable bonds is 9. The number of halogens is 3. The first kappa shape index (κ1) is 23.5. The highest BCUT2D eigenvalue weighted by Crippen LogP contribution is 2.28. The number of methoxy groups -OCH3 is 1. The van der Waals surface area contributed by atoms with Crippen LogP contribution in [-0.4, -0.2) is 39.7 Å². The number of nitrogens with one attached hydrogen (secondary N) is 1. The molecule has 0 aliphatic rings. The van der Waals surface area contributed by atoms with Crippen LogP contribution in [0.15, 0.2) is 24.3 Å². The number of alkyl halides is 3. The third-order valence-corrected chi connectivity index (χ3v) is 4.37. The fourth-order valence-electron chi connectivity index (χ4n) is 1.92. The first-order valence-electron chi connectivity index (χ1n) is 8.11. The largest absolute Gasteiger partial charge is 0.534 e. The van der Waals surface area contributed by atoms with Crippen molar-refractivity contribution in [3.8, 4) is 5.75 Å². The molecule has 28 heavy (non-hydrogen) atoms. The quantitative estimate of drug-likeness (QED) is 0.279. The van der Waals surface area contributed by atoms with Gasteiger partial charge in [-0.2, -0.15) is 21.6 Å². The molecule has 0 aromatic heterocycles. The third-order valence-electron chi connectivity index (χ3n) is 3.39. The molecular formula is C16H20F3NO7S. The Hall–Kier alpha value is -2.50. The van der Waals surface area contributed by atoms with Crippen molar-refractivity contribution in [1.82, 2.24) is 5.32 Å². The molecule has 0 radical (unpaired) electrons. The zero-order valence-corrected chi connectivity index (χ0v) is 15.9. The second-order valence-corrected chi connectivity index (χ2v) is 7.06. The van der Waals surface area contributed by atoms with Crippen LogP contribution in [0.1, 0.15) is 37.8 Å². The molecule has 0 aliphatic heterocycles. The minimum absolute atomic E-state index is 0.176. The lowest BCUT2D eigenvalue weighted by molar-refractivity contribution is -0.141. The highest BCUT2D eigenvalue weighted by molar-refractivity contribution is 7.88. The summed E-state index contributed by atoms with van der Waals surface area (Å²) in [4.78, 5) is 23.4. The fourth-order valence-corrected chi connectivity index (χ4v) is 2.38. The van der Waals surface area contributed by atoms with Crippen molar-refractivity contribution >= 4 is 22.2 Å². The number of alkyl carbamates (subject to hydrolysis) is 1. The Morgan fingerprint density at radius 1 is 1.18 bits per heavy atom. The molecule has 1 unspecified atom stereocenters. The summed E-state index contributed by atoms with van der Waals surface area (Å²) in [6.07, 6.45) is 0.387. The van der Waals surface area contributed by atoms with E-state index in [0.717, 1.165) is 25.7 Å². The van der Waals surface area contributed by atoms with Crippen molar-refractivity contribution in [3.05, 3.63) is 29.8 Å². The summed E-state index contributed by atoms with van der Waals surface area (Å²) in [7, 11) is -4.65. The molecule has 0 aliphatic carbocycles. The Balaban J connectivity index is 2.92. The maximum absolute atomic E-state index is 12.4. The minimum Gasteiger partial charge on any atom is -0.469 e. The third kappa shape index (κ3) is 7.25. The summed E-state index contributed by atoms with van der Waals surface area (Å²) in [5.74, 6) is -1.23. The maximum Gasteiger partial charge on any atom is 0.534 e. The molecule has 1 rings (SSSR count). The van der Waals surface area contributed by atoms with E-state index in [1.807, 2.05) is 6.92 Å². The Bertz CT molecular complexity index is 763. The van der Waals surface area contributed by atoms with E-state index >= 15 is 0 Å². The van der Waals surface area contributed by atoms with E-state index in [9.17, 15) is 31.2 Å². The van der Waals surface area contributed by atoms with E-state index in [-0.39, 0.29) is 13.0 Å². The van der Waals surface area contributed by atoms with Crippen molar-refractivity contribution in [2.75, 3.05) is 13.7 Å². The van der Waals surface area contributed by atoms with E-state index in [1.54, 1.807) is 0 Å². The average molecular weight is 427 g/mol. The second kappa shape index (κ2) is 10.2. The van der Waals surface area contributed by atoms with E-state index < -0.39 is 39.5 Å². The number of unbranched alkanes of at least 4 members (excludes halogenated alkanes) is 1. The van der Waals surface area contributed by atoms with Crippen LogP contribution >= 0.6 is 0 Å². The molecule has 0 bridgehead atoms. The van der Waals surface area contributed by atoms with Gasteiger partial charge in [-0.05, 0) is 24.1 Å². The topological polar surface area (TPSA) is 108 Å². The Morgan fingerprint density at radius 2 is 1.79 bits per heavy atom. The Kier molecular flexibility index (Phi) is 8.54.